The molecule has 1 amide bonds. The Morgan fingerprint density at radius 3 is 2.67 bits per heavy atom. The van der Waals surface area contributed by atoms with Crippen molar-refractivity contribution in [3.63, 3.8) is 0 Å². The second-order valence-electron chi connectivity index (χ2n) is 5.39. The number of aromatic nitrogens is 1. The van der Waals surface area contributed by atoms with Gasteiger partial charge in [-0.3, -0.25) is 4.79 Å². The van der Waals surface area contributed by atoms with Crippen LogP contribution in [-0.4, -0.2) is 40.6 Å². The molecule has 114 valence electrons. The third-order valence-corrected chi connectivity index (χ3v) is 3.76. The molecule has 0 aliphatic carbocycles. The number of unbranched alkanes of at least 4 members (excludes halogenated alkanes) is 1. The van der Waals surface area contributed by atoms with Crippen LogP contribution in [0.3, 0.4) is 0 Å². The van der Waals surface area contributed by atoms with Crippen LogP contribution in [0.4, 0.5) is 0 Å². The summed E-state index contributed by atoms with van der Waals surface area (Å²) in [5, 5.41) is 10.0. The number of nitrogens with one attached hydrogen (secondary N) is 1. The SMILES string of the molecule is CCCCN(CCCO)C(=O)c1c(C)[nH]c2ccccc12. The lowest BCUT2D eigenvalue weighted by atomic mass is 10.1. The average molecular weight is 288 g/mol. The zero-order valence-corrected chi connectivity index (χ0v) is 12.9. The Labute approximate surface area is 125 Å². The van der Waals surface area contributed by atoms with Gasteiger partial charge < -0.3 is 15.0 Å². The summed E-state index contributed by atoms with van der Waals surface area (Å²) >= 11 is 0. The van der Waals surface area contributed by atoms with Gasteiger partial charge in [-0.1, -0.05) is 31.5 Å². The lowest BCUT2D eigenvalue weighted by Gasteiger charge is -2.22. The minimum atomic E-state index is 0.0619. The smallest absolute Gasteiger partial charge is 0.256 e. The van der Waals surface area contributed by atoms with E-state index in [-0.39, 0.29) is 12.5 Å². The van der Waals surface area contributed by atoms with Crippen LogP contribution in [0.25, 0.3) is 10.9 Å². The van der Waals surface area contributed by atoms with Gasteiger partial charge in [-0.05, 0) is 25.8 Å². The molecule has 4 nitrogen and oxygen atoms in total. The van der Waals surface area contributed by atoms with Crippen molar-refractivity contribution in [2.75, 3.05) is 19.7 Å². The summed E-state index contributed by atoms with van der Waals surface area (Å²) in [5.74, 6) is 0.0619. The van der Waals surface area contributed by atoms with Gasteiger partial charge in [0.1, 0.15) is 0 Å². The van der Waals surface area contributed by atoms with Gasteiger partial charge in [0.25, 0.3) is 5.91 Å². The number of rotatable bonds is 7. The molecular formula is C17H24N2O2. The van der Waals surface area contributed by atoms with Crippen LogP contribution < -0.4 is 0 Å². The van der Waals surface area contributed by atoms with Crippen molar-refractivity contribution < 1.29 is 9.90 Å². The van der Waals surface area contributed by atoms with Crippen LogP contribution in [0.15, 0.2) is 24.3 Å². The number of H-pyrrole nitrogens is 1. The fraction of sp³-hybridized carbons (Fsp3) is 0.471. The number of aliphatic hydroxyl groups is 1. The average Bonchev–Trinajstić information content (AvgIpc) is 2.82. The first-order chi connectivity index (χ1) is 10.2. The third-order valence-electron chi connectivity index (χ3n) is 3.76. The Kier molecular flexibility index (Phi) is 5.39. The monoisotopic (exact) mass is 288 g/mol. The van der Waals surface area contributed by atoms with Crippen LogP contribution in [0, 0.1) is 6.92 Å². The fourth-order valence-corrected chi connectivity index (χ4v) is 2.64. The van der Waals surface area contributed by atoms with E-state index >= 15 is 0 Å². The van der Waals surface area contributed by atoms with Gasteiger partial charge in [0.05, 0.1) is 5.56 Å². The van der Waals surface area contributed by atoms with Gasteiger partial charge >= 0.3 is 0 Å². The highest BCUT2D eigenvalue weighted by atomic mass is 16.3. The minimum absolute atomic E-state index is 0.0619. The lowest BCUT2D eigenvalue weighted by Crippen LogP contribution is -2.33. The molecule has 0 unspecified atom stereocenters. The summed E-state index contributed by atoms with van der Waals surface area (Å²) in [5.41, 5.74) is 2.67. The highest BCUT2D eigenvalue weighted by Gasteiger charge is 2.21. The number of fused-ring (bicyclic) bond motifs is 1. The number of amides is 1. The Morgan fingerprint density at radius 2 is 1.95 bits per heavy atom. The van der Waals surface area contributed by atoms with E-state index in [2.05, 4.69) is 11.9 Å². The topological polar surface area (TPSA) is 56.3 Å². The molecule has 0 radical (unpaired) electrons. The Morgan fingerprint density at radius 1 is 1.24 bits per heavy atom. The zero-order valence-electron chi connectivity index (χ0n) is 12.9. The van der Waals surface area contributed by atoms with Crippen molar-refractivity contribution in [3.8, 4) is 0 Å². The van der Waals surface area contributed by atoms with Crippen molar-refractivity contribution in [3.05, 3.63) is 35.5 Å². The first kappa shape index (κ1) is 15.6. The lowest BCUT2D eigenvalue weighted by molar-refractivity contribution is 0.0744. The van der Waals surface area contributed by atoms with Crippen LogP contribution in [0.2, 0.25) is 0 Å². The van der Waals surface area contributed by atoms with E-state index in [1.165, 1.54) is 0 Å². The molecule has 0 saturated carbocycles. The Hall–Kier alpha value is -1.81. The van der Waals surface area contributed by atoms with E-state index in [9.17, 15) is 4.79 Å². The number of hydrogen-bond donors (Lipinski definition) is 2. The molecule has 2 aromatic rings. The summed E-state index contributed by atoms with van der Waals surface area (Å²) in [7, 11) is 0. The molecule has 1 aromatic carbocycles. The molecule has 0 bridgehead atoms. The predicted octanol–water partition coefficient (Wildman–Crippen LogP) is 3.10. The molecular weight excluding hydrogens is 264 g/mol. The number of benzene rings is 1. The highest BCUT2D eigenvalue weighted by Crippen LogP contribution is 2.23. The molecule has 21 heavy (non-hydrogen) atoms. The summed E-state index contributed by atoms with van der Waals surface area (Å²) in [6.07, 6.45) is 2.66. The Balaban J connectivity index is 2.31. The van der Waals surface area contributed by atoms with E-state index < -0.39 is 0 Å². The van der Waals surface area contributed by atoms with Crippen LogP contribution in [-0.2, 0) is 0 Å². The van der Waals surface area contributed by atoms with E-state index in [1.807, 2.05) is 36.1 Å². The maximum Gasteiger partial charge on any atom is 0.256 e. The van der Waals surface area contributed by atoms with Gasteiger partial charge in [0, 0.05) is 36.3 Å². The molecule has 0 aliphatic heterocycles. The van der Waals surface area contributed by atoms with E-state index in [0.717, 1.165) is 41.5 Å². The maximum atomic E-state index is 12.9. The normalized spacial score (nSPS) is 11.0. The van der Waals surface area contributed by atoms with Gasteiger partial charge in [0.2, 0.25) is 0 Å². The van der Waals surface area contributed by atoms with Crippen molar-refractivity contribution in [1.29, 1.82) is 0 Å². The second-order valence-corrected chi connectivity index (χ2v) is 5.39. The predicted molar refractivity (Wildman–Crippen MR) is 85.6 cm³/mol. The largest absolute Gasteiger partial charge is 0.396 e. The summed E-state index contributed by atoms with van der Waals surface area (Å²) in [6, 6.07) is 7.89. The quantitative estimate of drug-likeness (QED) is 0.822. The molecule has 0 atom stereocenters. The number of carbonyl (C=O) groups is 1. The standard InChI is InChI=1S/C17H24N2O2/c1-3-4-10-19(11-7-12-20)17(21)16-13(2)18-15-9-6-5-8-14(15)16/h5-6,8-9,18,20H,3-4,7,10-12H2,1-2H3. The molecule has 1 heterocycles. The highest BCUT2D eigenvalue weighted by molar-refractivity contribution is 6.08. The second kappa shape index (κ2) is 7.27. The van der Waals surface area contributed by atoms with Gasteiger partial charge in [-0.2, -0.15) is 0 Å². The maximum absolute atomic E-state index is 12.9. The van der Waals surface area contributed by atoms with Crippen molar-refractivity contribution in [2.24, 2.45) is 0 Å². The molecule has 2 rings (SSSR count). The Bertz CT molecular complexity index is 596. The van der Waals surface area contributed by atoms with Gasteiger partial charge in [-0.25, -0.2) is 0 Å². The minimum Gasteiger partial charge on any atom is -0.396 e. The summed E-state index contributed by atoms with van der Waals surface area (Å²) < 4.78 is 0. The van der Waals surface area contributed by atoms with Gasteiger partial charge in [0.15, 0.2) is 0 Å². The van der Waals surface area contributed by atoms with Crippen molar-refractivity contribution in [1.82, 2.24) is 9.88 Å². The number of hydrogen-bond acceptors (Lipinski definition) is 2. The van der Waals surface area contributed by atoms with Crippen LogP contribution in [0.1, 0.15) is 42.2 Å². The van der Waals surface area contributed by atoms with E-state index in [1.54, 1.807) is 0 Å². The molecule has 0 fully saturated rings. The molecule has 0 saturated heterocycles. The number of aromatic amines is 1. The van der Waals surface area contributed by atoms with Crippen molar-refractivity contribution >= 4 is 16.8 Å². The third kappa shape index (κ3) is 3.45. The summed E-state index contributed by atoms with van der Waals surface area (Å²) in [6.45, 7) is 5.52. The van der Waals surface area contributed by atoms with E-state index in [4.69, 9.17) is 5.11 Å². The number of aryl methyl sites for hydroxylation is 1. The molecule has 0 aliphatic rings. The molecule has 0 spiro atoms. The zero-order chi connectivity index (χ0) is 15.2. The first-order valence-electron chi connectivity index (χ1n) is 7.66. The van der Waals surface area contributed by atoms with E-state index in [0.29, 0.717) is 13.0 Å². The number of aliphatic hydroxyl groups excluding tert-OH is 1. The number of nitrogens with zero attached hydrogens (tertiary/aromatic N) is 1. The van der Waals surface area contributed by atoms with Crippen LogP contribution >= 0.6 is 0 Å². The number of carbonyl (C=O) groups excluding carboxylic acids is 1. The fourth-order valence-electron chi connectivity index (χ4n) is 2.64. The molecule has 1 aromatic heterocycles. The first-order valence-corrected chi connectivity index (χ1v) is 7.66. The molecule has 2 N–H and O–H groups in total. The van der Waals surface area contributed by atoms with Crippen molar-refractivity contribution in [2.45, 2.75) is 33.1 Å². The van der Waals surface area contributed by atoms with Gasteiger partial charge in [-0.15, -0.1) is 0 Å². The summed E-state index contributed by atoms with van der Waals surface area (Å²) in [4.78, 5) is 18.0. The van der Waals surface area contributed by atoms with Crippen LogP contribution in [0.5, 0.6) is 0 Å². The number of para-hydroxylation sites is 1. The molecule has 4 heteroatoms.